The standard InChI is InChI=1S/C24H19FN2O2/c1-16-6-5-8-18(14-16)23-26-22(15-17-7-3-4-9-21(17)25)24(28)27(23)19-10-12-20(29-2)13-11-19/h3-15H,1-2H3/b22-15+. The first kappa shape index (κ1) is 18.6. The molecule has 0 atom stereocenters. The SMILES string of the molecule is COc1ccc(N2C(=O)/C(=C\c3ccccc3F)N=C2c2cccc(C)c2)cc1. The highest BCUT2D eigenvalue weighted by Gasteiger charge is 2.32. The van der Waals surface area contributed by atoms with Crippen molar-refractivity contribution in [3.63, 3.8) is 0 Å². The molecule has 1 heterocycles. The fourth-order valence-electron chi connectivity index (χ4n) is 3.20. The number of benzene rings is 3. The van der Waals surface area contributed by atoms with Gasteiger partial charge in [-0.3, -0.25) is 9.69 Å². The predicted octanol–water partition coefficient (Wildman–Crippen LogP) is 4.98. The Hall–Kier alpha value is -3.73. The second kappa shape index (κ2) is 7.72. The fraction of sp³-hybridized carbons (Fsp3) is 0.0833. The van der Waals surface area contributed by atoms with E-state index in [2.05, 4.69) is 4.99 Å². The van der Waals surface area contributed by atoms with Crippen molar-refractivity contribution < 1.29 is 13.9 Å². The minimum absolute atomic E-state index is 0.183. The number of amidine groups is 1. The van der Waals surface area contributed by atoms with E-state index in [1.165, 1.54) is 12.1 Å². The zero-order valence-electron chi connectivity index (χ0n) is 16.1. The largest absolute Gasteiger partial charge is 0.497 e. The summed E-state index contributed by atoms with van der Waals surface area (Å²) in [5.41, 5.74) is 3.03. The van der Waals surface area contributed by atoms with Gasteiger partial charge in [0.2, 0.25) is 0 Å². The summed E-state index contributed by atoms with van der Waals surface area (Å²) in [6.45, 7) is 1.98. The third kappa shape index (κ3) is 3.67. The normalized spacial score (nSPS) is 15.0. The van der Waals surface area contributed by atoms with Gasteiger partial charge in [-0.1, -0.05) is 42.0 Å². The van der Waals surface area contributed by atoms with E-state index in [-0.39, 0.29) is 11.6 Å². The van der Waals surface area contributed by atoms with E-state index in [0.29, 0.717) is 22.8 Å². The van der Waals surface area contributed by atoms with Crippen LogP contribution in [0.15, 0.2) is 83.5 Å². The Morgan fingerprint density at radius 2 is 1.76 bits per heavy atom. The number of nitrogens with zero attached hydrogens (tertiary/aromatic N) is 2. The van der Waals surface area contributed by atoms with Crippen LogP contribution in [-0.4, -0.2) is 18.9 Å². The number of aliphatic imine (C=N–C) groups is 1. The van der Waals surface area contributed by atoms with Crippen molar-refractivity contribution in [2.45, 2.75) is 6.92 Å². The van der Waals surface area contributed by atoms with Crippen LogP contribution in [0.5, 0.6) is 5.75 Å². The molecule has 4 rings (SSSR count). The summed E-state index contributed by atoms with van der Waals surface area (Å²) in [4.78, 5) is 19.4. The molecule has 0 saturated heterocycles. The lowest BCUT2D eigenvalue weighted by atomic mass is 10.1. The number of carbonyl (C=O) groups excluding carboxylic acids is 1. The monoisotopic (exact) mass is 386 g/mol. The summed E-state index contributed by atoms with van der Waals surface area (Å²) >= 11 is 0. The quantitative estimate of drug-likeness (QED) is 0.594. The van der Waals surface area contributed by atoms with Crippen molar-refractivity contribution in [3.8, 4) is 5.75 Å². The van der Waals surface area contributed by atoms with E-state index < -0.39 is 5.82 Å². The number of aryl methyl sites for hydroxylation is 1. The lowest BCUT2D eigenvalue weighted by Gasteiger charge is -2.19. The second-order valence-corrected chi connectivity index (χ2v) is 6.69. The highest BCUT2D eigenvalue weighted by molar-refractivity contribution is 6.33. The molecular weight excluding hydrogens is 367 g/mol. The van der Waals surface area contributed by atoms with E-state index in [4.69, 9.17) is 4.74 Å². The molecule has 3 aromatic rings. The Kier molecular flexibility index (Phi) is 4.96. The topological polar surface area (TPSA) is 41.9 Å². The van der Waals surface area contributed by atoms with Crippen molar-refractivity contribution in [2.75, 3.05) is 12.0 Å². The van der Waals surface area contributed by atoms with E-state index in [1.807, 2.05) is 31.2 Å². The van der Waals surface area contributed by atoms with Crippen LogP contribution >= 0.6 is 0 Å². The third-order valence-corrected chi connectivity index (χ3v) is 4.66. The minimum atomic E-state index is -0.400. The molecule has 0 fully saturated rings. The Morgan fingerprint density at radius 3 is 2.45 bits per heavy atom. The molecule has 5 heteroatoms. The van der Waals surface area contributed by atoms with Gasteiger partial charge in [-0.05, 0) is 49.4 Å². The molecule has 144 valence electrons. The molecule has 1 aliphatic heterocycles. The molecule has 0 aromatic heterocycles. The number of carbonyl (C=O) groups is 1. The molecule has 0 saturated carbocycles. The van der Waals surface area contributed by atoms with E-state index in [1.54, 1.807) is 54.5 Å². The number of ether oxygens (including phenoxy) is 1. The van der Waals surface area contributed by atoms with Crippen LogP contribution in [0.4, 0.5) is 10.1 Å². The molecule has 0 N–H and O–H groups in total. The van der Waals surface area contributed by atoms with Crippen LogP contribution in [0.1, 0.15) is 16.7 Å². The molecule has 3 aromatic carbocycles. The van der Waals surface area contributed by atoms with E-state index in [9.17, 15) is 9.18 Å². The van der Waals surface area contributed by atoms with Gasteiger partial charge < -0.3 is 4.74 Å². The Balaban J connectivity index is 1.83. The van der Waals surface area contributed by atoms with Crippen molar-refractivity contribution >= 4 is 23.5 Å². The number of rotatable bonds is 4. The van der Waals surface area contributed by atoms with Crippen LogP contribution in [0, 0.1) is 12.7 Å². The van der Waals surface area contributed by atoms with Gasteiger partial charge in [-0.15, -0.1) is 0 Å². The Labute approximate surface area is 168 Å². The van der Waals surface area contributed by atoms with Gasteiger partial charge in [0.05, 0.1) is 12.8 Å². The molecule has 29 heavy (non-hydrogen) atoms. The maximum absolute atomic E-state index is 14.1. The molecule has 0 spiro atoms. The summed E-state index contributed by atoms with van der Waals surface area (Å²) < 4.78 is 19.3. The Bertz CT molecular complexity index is 1130. The first-order valence-electron chi connectivity index (χ1n) is 9.17. The smallest absolute Gasteiger partial charge is 0.282 e. The summed E-state index contributed by atoms with van der Waals surface area (Å²) in [5, 5.41) is 0. The van der Waals surface area contributed by atoms with Gasteiger partial charge in [0, 0.05) is 11.1 Å². The summed E-state index contributed by atoms with van der Waals surface area (Å²) in [6.07, 6.45) is 1.48. The lowest BCUT2D eigenvalue weighted by Crippen LogP contribution is -2.32. The lowest BCUT2D eigenvalue weighted by molar-refractivity contribution is -0.113. The molecular formula is C24H19FN2O2. The molecule has 4 nitrogen and oxygen atoms in total. The molecule has 1 aliphatic rings. The van der Waals surface area contributed by atoms with Crippen molar-refractivity contribution in [1.82, 2.24) is 0 Å². The van der Waals surface area contributed by atoms with Crippen LogP contribution < -0.4 is 9.64 Å². The van der Waals surface area contributed by atoms with Crippen molar-refractivity contribution in [1.29, 1.82) is 0 Å². The van der Waals surface area contributed by atoms with Gasteiger partial charge >= 0.3 is 0 Å². The number of halogens is 1. The first-order valence-corrected chi connectivity index (χ1v) is 9.17. The highest BCUT2D eigenvalue weighted by atomic mass is 19.1. The predicted molar refractivity (Wildman–Crippen MR) is 113 cm³/mol. The molecule has 0 bridgehead atoms. The number of hydrogen-bond donors (Lipinski definition) is 0. The fourth-order valence-corrected chi connectivity index (χ4v) is 3.20. The molecule has 0 aliphatic carbocycles. The van der Waals surface area contributed by atoms with Crippen LogP contribution in [0.25, 0.3) is 6.08 Å². The molecule has 1 amide bonds. The van der Waals surface area contributed by atoms with Gasteiger partial charge in [-0.25, -0.2) is 9.38 Å². The third-order valence-electron chi connectivity index (χ3n) is 4.66. The average molecular weight is 386 g/mol. The van der Waals surface area contributed by atoms with Gasteiger partial charge in [0.15, 0.2) is 0 Å². The van der Waals surface area contributed by atoms with Gasteiger partial charge in [0.25, 0.3) is 5.91 Å². The summed E-state index contributed by atoms with van der Waals surface area (Å²) in [5.74, 6) is 0.487. The molecule has 0 unspecified atom stereocenters. The Morgan fingerprint density at radius 1 is 1.00 bits per heavy atom. The highest BCUT2D eigenvalue weighted by Crippen LogP contribution is 2.29. The van der Waals surface area contributed by atoms with Crippen LogP contribution in [0.2, 0.25) is 0 Å². The van der Waals surface area contributed by atoms with Gasteiger partial charge in [0.1, 0.15) is 23.1 Å². The van der Waals surface area contributed by atoms with Crippen molar-refractivity contribution in [3.05, 3.63) is 101 Å². The number of amides is 1. The summed E-state index contributed by atoms with van der Waals surface area (Å²) in [6, 6.07) is 21.3. The number of hydrogen-bond acceptors (Lipinski definition) is 3. The van der Waals surface area contributed by atoms with Crippen molar-refractivity contribution in [2.24, 2.45) is 4.99 Å². The molecule has 0 radical (unpaired) electrons. The number of anilines is 1. The number of methoxy groups -OCH3 is 1. The zero-order valence-corrected chi connectivity index (χ0v) is 16.1. The van der Waals surface area contributed by atoms with Gasteiger partial charge in [-0.2, -0.15) is 0 Å². The summed E-state index contributed by atoms with van der Waals surface area (Å²) in [7, 11) is 1.59. The maximum Gasteiger partial charge on any atom is 0.282 e. The first-order chi connectivity index (χ1) is 14.1. The van der Waals surface area contributed by atoms with Crippen LogP contribution in [0.3, 0.4) is 0 Å². The second-order valence-electron chi connectivity index (χ2n) is 6.69. The van der Waals surface area contributed by atoms with E-state index >= 15 is 0 Å². The average Bonchev–Trinajstić information content (AvgIpc) is 3.06. The van der Waals surface area contributed by atoms with E-state index in [0.717, 1.165) is 11.1 Å². The van der Waals surface area contributed by atoms with Crippen LogP contribution in [-0.2, 0) is 4.79 Å². The zero-order chi connectivity index (χ0) is 20.4. The minimum Gasteiger partial charge on any atom is -0.497 e. The maximum atomic E-state index is 14.1.